The second-order valence-corrected chi connectivity index (χ2v) is 8.92. The molecule has 2 saturated carbocycles. The molecule has 4 aliphatic carbocycles. The van der Waals surface area contributed by atoms with Gasteiger partial charge in [-0.05, 0) is 54.7 Å². The third-order valence-corrected chi connectivity index (χ3v) is 7.46. The molecule has 6 rings (SSSR count). The molecule has 1 aromatic rings. The van der Waals surface area contributed by atoms with Crippen molar-refractivity contribution < 1.29 is 27.6 Å². The molecule has 3 amide bonds. The number of amides is 3. The summed E-state index contributed by atoms with van der Waals surface area (Å²) < 4.78 is 40.0. The summed E-state index contributed by atoms with van der Waals surface area (Å²) in [4.78, 5) is 39.7. The third-order valence-electron chi connectivity index (χ3n) is 7.05. The average molecular weight is 439 g/mol. The molecular formula is C21H18ClF3N2O3. The zero-order valence-corrected chi connectivity index (χ0v) is 16.7. The Balaban J connectivity index is 1.50. The number of allylic oxidation sites excluding steroid dienone is 2. The molecule has 2 bridgehead atoms. The van der Waals surface area contributed by atoms with Crippen LogP contribution in [-0.2, 0) is 14.4 Å². The molecule has 5 nitrogen and oxygen atoms in total. The smallest absolute Gasteiger partial charge is 0.285 e. The van der Waals surface area contributed by atoms with Gasteiger partial charge >= 0.3 is 12.1 Å². The summed E-state index contributed by atoms with van der Waals surface area (Å²) in [5, 5.41) is 0.183. The Morgan fingerprint density at radius 1 is 1.13 bits per heavy atom. The van der Waals surface area contributed by atoms with Gasteiger partial charge in [0.1, 0.15) is 6.67 Å². The number of rotatable bonds is 3. The van der Waals surface area contributed by atoms with Crippen molar-refractivity contribution in [2.45, 2.75) is 19.5 Å². The molecule has 0 spiro atoms. The highest BCUT2D eigenvalue weighted by Gasteiger charge is 2.67. The van der Waals surface area contributed by atoms with Crippen molar-refractivity contribution in [1.29, 1.82) is 0 Å². The first-order valence-corrected chi connectivity index (χ1v) is 10.2. The number of hydrogen-bond acceptors (Lipinski definition) is 3. The molecule has 0 aromatic heterocycles. The molecule has 158 valence electrons. The lowest BCUT2D eigenvalue weighted by Gasteiger charge is -2.37. The van der Waals surface area contributed by atoms with Gasteiger partial charge in [0.05, 0.1) is 17.5 Å². The molecule has 6 atom stereocenters. The Morgan fingerprint density at radius 3 is 2.23 bits per heavy atom. The van der Waals surface area contributed by atoms with Crippen molar-refractivity contribution in [3.05, 3.63) is 40.9 Å². The van der Waals surface area contributed by atoms with E-state index < -0.39 is 42.4 Å². The van der Waals surface area contributed by atoms with Crippen molar-refractivity contribution >= 4 is 35.0 Å². The highest BCUT2D eigenvalue weighted by atomic mass is 35.5. The first-order valence-electron chi connectivity index (χ1n) is 9.78. The van der Waals surface area contributed by atoms with Gasteiger partial charge in [-0.2, -0.15) is 13.2 Å². The zero-order chi connectivity index (χ0) is 21.5. The minimum absolute atomic E-state index is 0.0499. The van der Waals surface area contributed by atoms with Crippen LogP contribution in [0.1, 0.15) is 12.0 Å². The number of anilines is 1. The monoisotopic (exact) mass is 438 g/mol. The van der Waals surface area contributed by atoms with Crippen LogP contribution in [0.15, 0.2) is 30.4 Å². The van der Waals surface area contributed by atoms with Crippen LogP contribution in [0.2, 0.25) is 5.02 Å². The van der Waals surface area contributed by atoms with Crippen LogP contribution >= 0.6 is 11.6 Å². The third kappa shape index (κ3) is 2.65. The fraction of sp³-hybridized carbons (Fsp3) is 0.476. The molecule has 3 fully saturated rings. The van der Waals surface area contributed by atoms with Crippen molar-refractivity contribution in [1.82, 2.24) is 4.90 Å². The van der Waals surface area contributed by atoms with Crippen LogP contribution in [0.25, 0.3) is 0 Å². The zero-order valence-electron chi connectivity index (χ0n) is 15.9. The van der Waals surface area contributed by atoms with Crippen molar-refractivity contribution in [2.75, 3.05) is 11.6 Å². The molecule has 1 aliphatic heterocycles. The van der Waals surface area contributed by atoms with Crippen LogP contribution in [0, 0.1) is 42.4 Å². The number of likely N-dealkylation sites (tertiary alicyclic amines) is 1. The van der Waals surface area contributed by atoms with Gasteiger partial charge in [0.2, 0.25) is 11.8 Å². The molecule has 1 heterocycles. The quantitative estimate of drug-likeness (QED) is 0.535. The van der Waals surface area contributed by atoms with Gasteiger partial charge in [0.15, 0.2) is 0 Å². The highest BCUT2D eigenvalue weighted by molar-refractivity contribution is 6.31. The van der Waals surface area contributed by atoms with E-state index in [4.69, 9.17) is 11.6 Å². The standard InChI is InChI=1S/C21H18ClF3N2O3/c1-9-14(22)3-2-4-15(9)26(20(30)21(23,24)25)8-27-18(28)16-10-5-6-11(13-7-12(10)13)17(16)19(27)29/h2-6,10-13,16-17H,7-8H2,1H3/t10-,11-,12-,13-,16-,17+/m1/s1. The van der Waals surface area contributed by atoms with Gasteiger partial charge in [-0.15, -0.1) is 0 Å². The van der Waals surface area contributed by atoms with E-state index in [-0.39, 0.29) is 28.1 Å². The van der Waals surface area contributed by atoms with Gasteiger partial charge in [-0.3, -0.25) is 24.2 Å². The van der Waals surface area contributed by atoms with Gasteiger partial charge in [0, 0.05) is 5.02 Å². The van der Waals surface area contributed by atoms with Crippen molar-refractivity contribution in [3.8, 4) is 0 Å². The fourth-order valence-electron chi connectivity index (χ4n) is 5.59. The number of nitrogens with zero attached hydrogens (tertiary/aromatic N) is 2. The summed E-state index contributed by atoms with van der Waals surface area (Å²) in [6, 6.07) is 4.24. The molecule has 0 unspecified atom stereocenters. The van der Waals surface area contributed by atoms with E-state index in [1.165, 1.54) is 25.1 Å². The Labute approximate surface area is 175 Å². The van der Waals surface area contributed by atoms with Crippen molar-refractivity contribution in [3.63, 3.8) is 0 Å². The summed E-state index contributed by atoms with van der Waals surface area (Å²) in [5.41, 5.74) is 0.181. The van der Waals surface area contributed by atoms with Crippen LogP contribution in [0.3, 0.4) is 0 Å². The Bertz CT molecular complexity index is 972. The summed E-state index contributed by atoms with van der Waals surface area (Å²) in [7, 11) is 0. The van der Waals surface area contributed by atoms with E-state index in [2.05, 4.69) is 0 Å². The van der Waals surface area contributed by atoms with Crippen LogP contribution < -0.4 is 4.90 Å². The normalized spacial score (nSPS) is 33.6. The molecule has 1 saturated heterocycles. The van der Waals surface area contributed by atoms with Gasteiger partial charge in [0.25, 0.3) is 0 Å². The van der Waals surface area contributed by atoms with Crippen LogP contribution in [-0.4, -0.2) is 35.5 Å². The summed E-state index contributed by atoms with van der Waals surface area (Å²) in [6.45, 7) is 0.707. The van der Waals surface area contributed by atoms with Gasteiger partial charge < -0.3 is 0 Å². The molecule has 9 heteroatoms. The Kier molecular flexibility index (Phi) is 4.13. The number of alkyl halides is 3. The predicted molar refractivity (Wildman–Crippen MR) is 101 cm³/mol. The Morgan fingerprint density at radius 2 is 1.70 bits per heavy atom. The van der Waals surface area contributed by atoms with E-state index in [0.29, 0.717) is 16.7 Å². The van der Waals surface area contributed by atoms with E-state index >= 15 is 0 Å². The number of carbonyl (C=O) groups excluding carboxylic acids is 3. The van der Waals surface area contributed by atoms with Gasteiger partial charge in [-0.1, -0.05) is 29.8 Å². The number of imide groups is 1. The van der Waals surface area contributed by atoms with E-state index in [1.54, 1.807) is 0 Å². The minimum atomic E-state index is -5.17. The lowest BCUT2D eigenvalue weighted by Crippen LogP contribution is -2.49. The van der Waals surface area contributed by atoms with Crippen LogP contribution in [0.4, 0.5) is 18.9 Å². The summed E-state index contributed by atoms with van der Waals surface area (Å²) >= 11 is 6.04. The summed E-state index contributed by atoms with van der Waals surface area (Å²) in [5.74, 6) is -3.56. The SMILES string of the molecule is Cc1c(Cl)cccc1N(CN1C(=O)[C@@H]2[C@@H]3C=C[C@H]([C@H]4C[C@H]34)[C@@H]2C1=O)C(=O)C(F)(F)F. The molecule has 30 heavy (non-hydrogen) atoms. The topological polar surface area (TPSA) is 57.7 Å². The first-order chi connectivity index (χ1) is 14.1. The molecule has 0 N–H and O–H groups in total. The van der Waals surface area contributed by atoms with E-state index in [0.717, 1.165) is 11.3 Å². The number of carbonyl (C=O) groups is 3. The molecular weight excluding hydrogens is 421 g/mol. The maximum atomic E-state index is 13.3. The maximum Gasteiger partial charge on any atom is 0.471 e. The molecule has 5 aliphatic rings. The largest absolute Gasteiger partial charge is 0.471 e. The predicted octanol–water partition coefficient (Wildman–Crippen LogP) is 3.55. The lowest BCUT2D eigenvalue weighted by atomic mass is 9.63. The van der Waals surface area contributed by atoms with E-state index in [9.17, 15) is 27.6 Å². The first kappa shape index (κ1) is 19.6. The van der Waals surface area contributed by atoms with Gasteiger partial charge in [-0.25, -0.2) is 0 Å². The number of hydrogen-bond donors (Lipinski definition) is 0. The van der Waals surface area contributed by atoms with Crippen molar-refractivity contribution in [2.24, 2.45) is 35.5 Å². The second-order valence-electron chi connectivity index (χ2n) is 8.52. The maximum absolute atomic E-state index is 13.3. The minimum Gasteiger partial charge on any atom is -0.285 e. The lowest BCUT2D eigenvalue weighted by molar-refractivity contribution is -0.171. The summed E-state index contributed by atoms with van der Waals surface area (Å²) in [6.07, 6.45) is -0.227. The fourth-order valence-corrected chi connectivity index (χ4v) is 5.76. The van der Waals surface area contributed by atoms with Crippen LogP contribution in [0.5, 0.6) is 0 Å². The molecule has 1 aromatic carbocycles. The Hall–Kier alpha value is -2.35. The number of benzene rings is 1. The van der Waals surface area contributed by atoms with E-state index in [1.807, 2.05) is 12.2 Å². The number of halogens is 4. The second kappa shape index (κ2) is 6.33. The molecule has 0 radical (unpaired) electrons. The highest BCUT2D eigenvalue weighted by Crippen LogP contribution is 2.65. The average Bonchev–Trinajstić information content (AvgIpc) is 3.47.